The molecule has 1 aromatic rings. The third-order valence-corrected chi connectivity index (χ3v) is 1.13. The van der Waals surface area contributed by atoms with E-state index in [-0.39, 0.29) is 0 Å². The number of hydrogen-bond acceptors (Lipinski definition) is 2. The van der Waals surface area contributed by atoms with Crippen LogP contribution in [0.5, 0.6) is 0 Å². The second-order valence-electron chi connectivity index (χ2n) is 1.96. The van der Waals surface area contributed by atoms with Gasteiger partial charge in [0.1, 0.15) is 0 Å². The molecule has 0 aliphatic carbocycles. The van der Waals surface area contributed by atoms with Crippen LogP contribution in [0.15, 0.2) is 18.3 Å². The zero-order chi connectivity index (χ0) is 6.53. The van der Waals surface area contributed by atoms with E-state index in [1.165, 1.54) is 0 Å². The molecule has 0 aromatic carbocycles. The maximum atomic E-state index is 3.92. The topological polar surface area (TPSA) is 25.8 Å². The SMILES string of the molecule is CCCc1cccnn1. The van der Waals surface area contributed by atoms with Gasteiger partial charge in [-0.1, -0.05) is 13.3 Å². The molecule has 0 aliphatic rings. The Morgan fingerprint density at radius 2 is 2.44 bits per heavy atom. The molecular weight excluding hydrogens is 112 g/mol. The molecule has 0 radical (unpaired) electrons. The van der Waals surface area contributed by atoms with Crippen molar-refractivity contribution in [2.45, 2.75) is 19.8 Å². The van der Waals surface area contributed by atoms with Gasteiger partial charge in [0.05, 0.1) is 5.69 Å². The zero-order valence-corrected chi connectivity index (χ0v) is 5.54. The molecule has 0 fully saturated rings. The van der Waals surface area contributed by atoms with E-state index < -0.39 is 0 Å². The average molecular weight is 122 g/mol. The zero-order valence-electron chi connectivity index (χ0n) is 5.54. The molecule has 0 saturated carbocycles. The molecule has 0 N–H and O–H groups in total. The first kappa shape index (κ1) is 6.20. The van der Waals surface area contributed by atoms with Crippen molar-refractivity contribution in [3.05, 3.63) is 24.0 Å². The predicted molar refractivity (Wildman–Crippen MR) is 36.0 cm³/mol. The molecular formula is C7H10N2. The van der Waals surface area contributed by atoms with Crippen molar-refractivity contribution >= 4 is 0 Å². The van der Waals surface area contributed by atoms with Crippen molar-refractivity contribution in [2.75, 3.05) is 0 Å². The molecule has 0 bridgehead atoms. The van der Waals surface area contributed by atoms with Gasteiger partial charge < -0.3 is 0 Å². The average Bonchev–Trinajstić information content (AvgIpc) is 1.91. The summed E-state index contributed by atoms with van der Waals surface area (Å²) in [4.78, 5) is 0. The van der Waals surface area contributed by atoms with Crippen LogP contribution in [0.4, 0.5) is 0 Å². The molecule has 1 rings (SSSR count). The minimum atomic E-state index is 1.04. The highest BCUT2D eigenvalue weighted by atomic mass is 15.1. The molecule has 1 heterocycles. The van der Waals surface area contributed by atoms with Crippen LogP contribution in [0.3, 0.4) is 0 Å². The molecule has 1 aromatic heterocycles. The summed E-state index contributed by atoms with van der Waals surface area (Å²) in [6.45, 7) is 2.13. The molecule has 0 saturated heterocycles. The third-order valence-electron chi connectivity index (χ3n) is 1.13. The maximum absolute atomic E-state index is 3.92. The molecule has 0 atom stereocenters. The molecule has 0 amide bonds. The van der Waals surface area contributed by atoms with Crippen LogP contribution in [0.1, 0.15) is 19.0 Å². The van der Waals surface area contributed by atoms with E-state index in [0.717, 1.165) is 18.5 Å². The van der Waals surface area contributed by atoms with Crippen LogP contribution in [0.2, 0.25) is 0 Å². The summed E-state index contributed by atoms with van der Waals surface area (Å²) in [5.74, 6) is 0. The molecule has 48 valence electrons. The second-order valence-corrected chi connectivity index (χ2v) is 1.96. The number of rotatable bonds is 2. The first-order valence-electron chi connectivity index (χ1n) is 3.20. The molecule has 9 heavy (non-hydrogen) atoms. The van der Waals surface area contributed by atoms with E-state index in [4.69, 9.17) is 0 Å². The van der Waals surface area contributed by atoms with Crippen molar-refractivity contribution in [1.29, 1.82) is 0 Å². The van der Waals surface area contributed by atoms with E-state index in [1.54, 1.807) is 6.20 Å². The Kier molecular flexibility index (Phi) is 2.19. The number of aromatic nitrogens is 2. The normalized spacial score (nSPS) is 9.44. The fourth-order valence-corrected chi connectivity index (χ4v) is 0.723. The smallest absolute Gasteiger partial charge is 0.0631 e. The van der Waals surface area contributed by atoms with Gasteiger partial charge in [-0.15, -0.1) is 0 Å². The van der Waals surface area contributed by atoms with Crippen molar-refractivity contribution in [3.63, 3.8) is 0 Å². The van der Waals surface area contributed by atoms with E-state index in [0.29, 0.717) is 0 Å². The van der Waals surface area contributed by atoms with Gasteiger partial charge in [0.25, 0.3) is 0 Å². The summed E-state index contributed by atoms with van der Waals surface area (Å²) in [6.07, 6.45) is 3.87. The standard InChI is InChI=1S/C7H10N2/c1-2-4-7-5-3-6-8-9-7/h3,5-6H,2,4H2,1H3. The van der Waals surface area contributed by atoms with Crippen LogP contribution in [-0.2, 0) is 6.42 Å². The summed E-state index contributed by atoms with van der Waals surface area (Å²) in [5.41, 5.74) is 1.08. The summed E-state index contributed by atoms with van der Waals surface area (Å²) in [6, 6.07) is 3.91. The van der Waals surface area contributed by atoms with E-state index in [2.05, 4.69) is 17.1 Å². The van der Waals surface area contributed by atoms with Crippen molar-refractivity contribution in [2.24, 2.45) is 0 Å². The Balaban J connectivity index is 2.61. The Hall–Kier alpha value is -0.920. The summed E-state index contributed by atoms with van der Waals surface area (Å²) >= 11 is 0. The molecule has 0 spiro atoms. The Morgan fingerprint density at radius 1 is 1.56 bits per heavy atom. The highest BCUT2D eigenvalue weighted by Crippen LogP contribution is 1.94. The van der Waals surface area contributed by atoms with Crippen molar-refractivity contribution < 1.29 is 0 Å². The fraction of sp³-hybridized carbons (Fsp3) is 0.429. The third kappa shape index (κ3) is 1.80. The number of nitrogens with zero attached hydrogens (tertiary/aromatic N) is 2. The van der Waals surface area contributed by atoms with Crippen LogP contribution < -0.4 is 0 Å². The maximum Gasteiger partial charge on any atom is 0.0631 e. The molecule has 2 heteroatoms. The highest BCUT2D eigenvalue weighted by molar-refractivity contribution is 4.98. The Morgan fingerprint density at radius 3 is 3.00 bits per heavy atom. The van der Waals surface area contributed by atoms with E-state index in [1.807, 2.05) is 12.1 Å². The largest absolute Gasteiger partial charge is 0.159 e. The van der Waals surface area contributed by atoms with Gasteiger partial charge in [0, 0.05) is 6.20 Å². The monoisotopic (exact) mass is 122 g/mol. The number of aryl methyl sites for hydroxylation is 1. The lowest BCUT2D eigenvalue weighted by atomic mass is 10.2. The Labute approximate surface area is 54.9 Å². The van der Waals surface area contributed by atoms with Crippen LogP contribution >= 0.6 is 0 Å². The van der Waals surface area contributed by atoms with Gasteiger partial charge in [0.2, 0.25) is 0 Å². The van der Waals surface area contributed by atoms with E-state index in [9.17, 15) is 0 Å². The van der Waals surface area contributed by atoms with E-state index >= 15 is 0 Å². The highest BCUT2D eigenvalue weighted by Gasteiger charge is 1.87. The van der Waals surface area contributed by atoms with Gasteiger partial charge in [-0.3, -0.25) is 0 Å². The van der Waals surface area contributed by atoms with Crippen molar-refractivity contribution in [1.82, 2.24) is 10.2 Å². The van der Waals surface area contributed by atoms with Crippen LogP contribution in [-0.4, -0.2) is 10.2 Å². The molecule has 0 aliphatic heterocycles. The van der Waals surface area contributed by atoms with Gasteiger partial charge >= 0.3 is 0 Å². The lowest BCUT2D eigenvalue weighted by Gasteiger charge is -1.91. The molecule has 0 unspecified atom stereocenters. The lowest BCUT2D eigenvalue weighted by molar-refractivity contribution is 0.838. The first-order valence-corrected chi connectivity index (χ1v) is 3.20. The minimum absolute atomic E-state index is 1.04. The Bertz CT molecular complexity index is 160. The summed E-state index contributed by atoms with van der Waals surface area (Å²) < 4.78 is 0. The first-order chi connectivity index (χ1) is 4.43. The number of hydrogen-bond donors (Lipinski definition) is 0. The summed E-state index contributed by atoms with van der Waals surface area (Å²) in [7, 11) is 0. The minimum Gasteiger partial charge on any atom is -0.159 e. The van der Waals surface area contributed by atoms with Crippen LogP contribution in [0, 0.1) is 0 Å². The van der Waals surface area contributed by atoms with Crippen molar-refractivity contribution in [3.8, 4) is 0 Å². The fourth-order valence-electron chi connectivity index (χ4n) is 0.723. The summed E-state index contributed by atoms with van der Waals surface area (Å²) in [5, 5.41) is 7.67. The predicted octanol–water partition coefficient (Wildman–Crippen LogP) is 1.43. The van der Waals surface area contributed by atoms with Gasteiger partial charge in [-0.05, 0) is 18.6 Å². The van der Waals surface area contributed by atoms with Gasteiger partial charge in [0.15, 0.2) is 0 Å². The van der Waals surface area contributed by atoms with Gasteiger partial charge in [-0.25, -0.2) is 0 Å². The quantitative estimate of drug-likeness (QED) is 0.593. The lowest BCUT2D eigenvalue weighted by Crippen LogP contribution is -1.88. The van der Waals surface area contributed by atoms with Crippen LogP contribution in [0.25, 0.3) is 0 Å². The second kappa shape index (κ2) is 3.17. The van der Waals surface area contributed by atoms with Gasteiger partial charge in [-0.2, -0.15) is 10.2 Å². The molecule has 2 nitrogen and oxygen atoms in total.